The average Bonchev–Trinajstić information content (AvgIpc) is 2.39. The van der Waals surface area contributed by atoms with Crippen LogP contribution in [0, 0.1) is 0 Å². The van der Waals surface area contributed by atoms with E-state index >= 15 is 0 Å². The summed E-state index contributed by atoms with van der Waals surface area (Å²) >= 11 is 0. The second-order valence-corrected chi connectivity index (χ2v) is 4.27. The lowest BCUT2D eigenvalue weighted by Crippen LogP contribution is -2.28. The first kappa shape index (κ1) is 11.9. The highest BCUT2D eigenvalue weighted by atomic mass is 16.1. The van der Waals surface area contributed by atoms with Crippen molar-refractivity contribution in [2.75, 3.05) is 25.5 Å². The Hall–Kier alpha value is -1.62. The summed E-state index contributed by atoms with van der Waals surface area (Å²) in [6.07, 6.45) is 2.00. The van der Waals surface area contributed by atoms with Crippen LogP contribution in [0.25, 0.3) is 0 Å². The summed E-state index contributed by atoms with van der Waals surface area (Å²) in [5, 5.41) is 6.30. The predicted molar refractivity (Wildman–Crippen MR) is 67.1 cm³/mol. The van der Waals surface area contributed by atoms with E-state index in [4.69, 9.17) is 5.73 Å². The molecule has 2 rings (SSSR count). The first-order valence-corrected chi connectivity index (χ1v) is 5.91. The molecule has 4 N–H and O–H groups in total. The van der Waals surface area contributed by atoms with Gasteiger partial charge in [-0.3, -0.25) is 4.79 Å². The van der Waals surface area contributed by atoms with Gasteiger partial charge in [0.2, 0.25) is 0 Å². The zero-order chi connectivity index (χ0) is 12.3. The molecule has 2 heterocycles. The Labute approximate surface area is 101 Å². The first-order chi connectivity index (χ1) is 8.22. The van der Waals surface area contributed by atoms with Crippen LogP contribution in [0.3, 0.4) is 0 Å². The van der Waals surface area contributed by atoms with Crippen LogP contribution in [0.15, 0.2) is 12.1 Å². The van der Waals surface area contributed by atoms with Crippen LogP contribution < -0.4 is 16.4 Å². The van der Waals surface area contributed by atoms with Gasteiger partial charge in [-0.1, -0.05) is 0 Å². The monoisotopic (exact) mass is 234 g/mol. The molecule has 0 aliphatic carbocycles. The Balaban J connectivity index is 2.36. The van der Waals surface area contributed by atoms with Crippen LogP contribution in [0.2, 0.25) is 0 Å². The summed E-state index contributed by atoms with van der Waals surface area (Å²) in [6, 6.07) is 3.54. The summed E-state index contributed by atoms with van der Waals surface area (Å²) in [6.45, 7) is 1.93. The van der Waals surface area contributed by atoms with Gasteiger partial charge in [-0.05, 0) is 38.1 Å². The number of pyridine rings is 1. The van der Waals surface area contributed by atoms with E-state index in [1.54, 1.807) is 12.1 Å². The molecule has 17 heavy (non-hydrogen) atoms. The van der Waals surface area contributed by atoms with Crippen molar-refractivity contribution in [3.05, 3.63) is 23.4 Å². The number of aromatic nitrogens is 1. The van der Waals surface area contributed by atoms with Crippen LogP contribution >= 0.6 is 0 Å². The highest BCUT2D eigenvalue weighted by Crippen LogP contribution is 2.27. The fraction of sp³-hybridized carbons (Fsp3) is 0.500. The van der Waals surface area contributed by atoms with Gasteiger partial charge in [-0.25, -0.2) is 4.98 Å². The highest BCUT2D eigenvalue weighted by molar-refractivity contribution is 5.94. The second-order valence-electron chi connectivity index (χ2n) is 4.27. The molecule has 92 valence electrons. The van der Waals surface area contributed by atoms with Crippen molar-refractivity contribution in [3.8, 4) is 0 Å². The smallest absolute Gasteiger partial charge is 0.250 e. The third kappa shape index (κ3) is 2.55. The van der Waals surface area contributed by atoms with Crippen molar-refractivity contribution < 1.29 is 4.79 Å². The number of rotatable bonds is 3. The number of primary amides is 1. The molecule has 1 fully saturated rings. The summed E-state index contributed by atoms with van der Waals surface area (Å²) in [4.78, 5) is 15.9. The summed E-state index contributed by atoms with van der Waals surface area (Å²) < 4.78 is 0. The second kappa shape index (κ2) is 5.14. The number of hydrogen-bond acceptors (Lipinski definition) is 4. The SMILES string of the molecule is CNc1ccc(C(N)=O)c(C2CCNCC2)n1. The number of carbonyl (C=O) groups is 1. The summed E-state index contributed by atoms with van der Waals surface area (Å²) in [5.41, 5.74) is 6.79. The summed E-state index contributed by atoms with van der Waals surface area (Å²) in [5.74, 6) is 0.712. The van der Waals surface area contributed by atoms with Gasteiger partial charge in [-0.15, -0.1) is 0 Å². The van der Waals surface area contributed by atoms with Crippen molar-refractivity contribution in [2.45, 2.75) is 18.8 Å². The van der Waals surface area contributed by atoms with Gasteiger partial charge in [0.15, 0.2) is 0 Å². The Morgan fingerprint density at radius 1 is 1.47 bits per heavy atom. The van der Waals surface area contributed by atoms with Crippen molar-refractivity contribution in [1.82, 2.24) is 10.3 Å². The lowest BCUT2D eigenvalue weighted by Gasteiger charge is -2.23. The number of carbonyl (C=O) groups excluding carboxylic acids is 1. The molecule has 1 aromatic heterocycles. The molecular weight excluding hydrogens is 216 g/mol. The molecular formula is C12H18N4O. The molecule has 0 radical (unpaired) electrons. The normalized spacial score (nSPS) is 16.8. The molecule has 5 heteroatoms. The van der Waals surface area contributed by atoms with Gasteiger partial charge in [0.1, 0.15) is 5.82 Å². The lowest BCUT2D eigenvalue weighted by molar-refractivity contribution is 0.0998. The van der Waals surface area contributed by atoms with Gasteiger partial charge in [0.25, 0.3) is 5.91 Å². The van der Waals surface area contributed by atoms with E-state index in [0.29, 0.717) is 11.5 Å². The van der Waals surface area contributed by atoms with Gasteiger partial charge in [0, 0.05) is 13.0 Å². The van der Waals surface area contributed by atoms with Crippen molar-refractivity contribution in [1.29, 1.82) is 0 Å². The molecule has 1 amide bonds. The van der Waals surface area contributed by atoms with Crippen LogP contribution in [0.5, 0.6) is 0 Å². The third-order valence-electron chi connectivity index (χ3n) is 3.17. The molecule has 0 saturated carbocycles. The van der Waals surface area contributed by atoms with Crippen molar-refractivity contribution in [3.63, 3.8) is 0 Å². The average molecular weight is 234 g/mol. The van der Waals surface area contributed by atoms with Gasteiger partial charge in [-0.2, -0.15) is 0 Å². The number of nitrogens with two attached hydrogens (primary N) is 1. The van der Waals surface area contributed by atoms with Crippen LogP contribution in [-0.2, 0) is 0 Å². The van der Waals surface area contributed by atoms with Gasteiger partial charge < -0.3 is 16.4 Å². The quantitative estimate of drug-likeness (QED) is 0.719. The van der Waals surface area contributed by atoms with E-state index in [-0.39, 0.29) is 0 Å². The Bertz CT molecular complexity index is 413. The maximum absolute atomic E-state index is 11.4. The molecule has 0 atom stereocenters. The van der Waals surface area contributed by atoms with E-state index < -0.39 is 5.91 Å². The van der Waals surface area contributed by atoms with E-state index in [1.807, 2.05) is 7.05 Å². The minimum absolute atomic E-state index is 0.326. The molecule has 1 aliphatic heterocycles. The minimum Gasteiger partial charge on any atom is -0.373 e. The number of hydrogen-bond donors (Lipinski definition) is 3. The third-order valence-corrected chi connectivity index (χ3v) is 3.17. The topological polar surface area (TPSA) is 80.0 Å². The van der Waals surface area contributed by atoms with E-state index in [2.05, 4.69) is 15.6 Å². The fourth-order valence-corrected chi connectivity index (χ4v) is 2.23. The molecule has 0 unspecified atom stereocenters. The van der Waals surface area contributed by atoms with E-state index in [0.717, 1.165) is 37.4 Å². The van der Waals surface area contributed by atoms with E-state index in [1.165, 1.54) is 0 Å². The number of amides is 1. The van der Waals surface area contributed by atoms with E-state index in [9.17, 15) is 4.79 Å². The molecule has 1 aliphatic rings. The standard InChI is InChI=1S/C12H18N4O/c1-14-10-3-2-9(12(13)17)11(16-10)8-4-6-15-7-5-8/h2-3,8,15H,4-7H2,1H3,(H2,13,17)(H,14,16). The fourth-order valence-electron chi connectivity index (χ4n) is 2.23. The predicted octanol–water partition coefficient (Wildman–Crippen LogP) is 0.689. The van der Waals surface area contributed by atoms with Crippen molar-refractivity contribution in [2.24, 2.45) is 5.73 Å². The zero-order valence-electron chi connectivity index (χ0n) is 9.99. The van der Waals surface area contributed by atoms with Crippen LogP contribution in [0.1, 0.15) is 34.8 Å². The molecule has 0 aromatic carbocycles. The molecule has 5 nitrogen and oxygen atoms in total. The molecule has 0 bridgehead atoms. The maximum atomic E-state index is 11.4. The first-order valence-electron chi connectivity index (χ1n) is 5.91. The lowest BCUT2D eigenvalue weighted by atomic mass is 9.91. The number of piperidine rings is 1. The Morgan fingerprint density at radius 2 is 2.18 bits per heavy atom. The minimum atomic E-state index is -0.395. The number of nitrogens with one attached hydrogen (secondary N) is 2. The van der Waals surface area contributed by atoms with Crippen LogP contribution in [-0.4, -0.2) is 31.0 Å². The van der Waals surface area contributed by atoms with Crippen molar-refractivity contribution >= 4 is 11.7 Å². The molecule has 1 saturated heterocycles. The molecule has 1 aromatic rings. The summed E-state index contributed by atoms with van der Waals surface area (Å²) in [7, 11) is 1.82. The van der Waals surface area contributed by atoms with Gasteiger partial charge >= 0.3 is 0 Å². The van der Waals surface area contributed by atoms with Gasteiger partial charge in [0.05, 0.1) is 11.3 Å². The highest BCUT2D eigenvalue weighted by Gasteiger charge is 2.22. The Kier molecular flexibility index (Phi) is 3.58. The Morgan fingerprint density at radius 3 is 2.76 bits per heavy atom. The zero-order valence-corrected chi connectivity index (χ0v) is 9.99. The maximum Gasteiger partial charge on any atom is 0.250 e. The molecule has 0 spiro atoms. The largest absolute Gasteiger partial charge is 0.373 e. The van der Waals surface area contributed by atoms with Crippen LogP contribution in [0.4, 0.5) is 5.82 Å². The number of anilines is 1. The number of nitrogens with zero attached hydrogens (tertiary/aromatic N) is 1.